The molecule has 0 atom stereocenters. The van der Waals surface area contributed by atoms with Gasteiger partial charge in [0.15, 0.2) is 0 Å². The number of H-pyrrole nitrogens is 1. The van der Waals surface area contributed by atoms with Crippen molar-refractivity contribution in [2.45, 2.75) is 6.92 Å². The van der Waals surface area contributed by atoms with Gasteiger partial charge in [-0.3, -0.25) is 14.9 Å². The summed E-state index contributed by atoms with van der Waals surface area (Å²) >= 11 is 0. The second-order valence-corrected chi connectivity index (χ2v) is 3.29. The van der Waals surface area contributed by atoms with Crippen molar-refractivity contribution in [3.63, 3.8) is 0 Å². The van der Waals surface area contributed by atoms with Crippen molar-refractivity contribution in [1.29, 1.82) is 0 Å². The molecule has 1 amide bonds. The van der Waals surface area contributed by atoms with Crippen molar-refractivity contribution in [2.24, 2.45) is 0 Å². The number of nitro benzene ring substituents is 1. The van der Waals surface area contributed by atoms with Gasteiger partial charge in [-0.15, -0.1) is 0 Å². The topological polar surface area (TPSA) is 88.0 Å². The molecular weight excluding hydrogens is 210 g/mol. The molecule has 0 aliphatic carbocycles. The van der Waals surface area contributed by atoms with E-state index in [-0.39, 0.29) is 17.3 Å². The first-order valence-electron chi connectivity index (χ1n) is 4.52. The van der Waals surface area contributed by atoms with Crippen LogP contribution in [0.5, 0.6) is 0 Å². The van der Waals surface area contributed by atoms with Crippen LogP contribution >= 0.6 is 0 Å². The maximum absolute atomic E-state index is 10.9. The molecule has 81 valence electrons. The number of carbonyl (C=O) groups excluding carboxylic acids is 1. The van der Waals surface area contributed by atoms with Crippen LogP contribution in [0.15, 0.2) is 18.3 Å². The minimum atomic E-state index is -0.536. The Hall–Kier alpha value is -2.37. The molecule has 0 unspecified atom stereocenters. The van der Waals surface area contributed by atoms with Crippen LogP contribution in [0.2, 0.25) is 0 Å². The van der Waals surface area contributed by atoms with Gasteiger partial charge in [0.25, 0.3) is 5.69 Å². The van der Waals surface area contributed by atoms with E-state index in [2.05, 4.69) is 16.4 Å². The van der Waals surface area contributed by atoms with E-state index in [0.29, 0.717) is 10.9 Å². The monoisotopic (exact) mass is 218 g/mol. The van der Waals surface area contributed by atoms with E-state index in [9.17, 15) is 14.9 Å². The molecule has 1 radical (unpaired) electrons. The van der Waals surface area contributed by atoms with Gasteiger partial charge in [-0.05, 0) is 6.07 Å². The summed E-state index contributed by atoms with van der Waals surface area (Å²) in [7, 11) is 0. The molecule has 0 aliphatic rings. The highest BCUT2D eigenvalue weighted by atomic mass is 16.6. The van der Waals surface area contributed by atoms with Gasteiger partial charge >= 0.3 is 0 Å². The lowest BCUT2D eigenvalue weighted by atomic mass is 10.2. The van der Waals surface area contributed by atoms with Crippen LogP contribution in [-0.2, 0) is 4.79 Å². The zero-order valence-corrected chi connectivity index (χ0v) is 8.40. The number of hydrogen-bond acceptors (Lipinski definition) is 3. The van der Waals surface area contributed by atoms with Crippen molar-refractivity contribution in [2.75, 3.05) is 5.32 Å². The second-order valence-electron chi connectivity index (χ2n) is 3.29. The van der Waals surface area contributed by atoms with Crippen LogP contribution in [0, 0.1) is 16.2 Å². The van der Waals surface area contributed by atoms with Gasteiger partial charge in [0.05, 0.1) is 4.92 Å². The normalized spacial score (nSPS) is 10.3. The van der Waals surface area contributed by atoms with Crippen molar-refractivity contribution in [3.05, 3.63) is 34.5 Å². The molecule has 0 saturated carbocycles. The maximum Gasteiger partial charge on any atom is 0.293 e. The summed E-state index contributed by atoms with van der Waals surface area (Å²) in [6, 6.07) is 5.71. The third-order valence-corrected chi connectivity index (χ3v) is 2.10. The fourth-order valence-corrected chi connectivity index (χ4v) is 1.46. The molecule has 16 heavy (non-hydrogen) atoms. The Morgan fingerprint density at radius 2 is 2.31 bits per heavy atom. The van der Waals surface area contributed by atoms with E-state index >= 15 is 0 Å². The van der Waals surface area contributed by atoms with Gasteiger partial charge < -0.3 is 10.3 Å². The third kappa shape index (κ3) is 1.72. The molecule has 2 aromatic rings. The van der Waals surface area contributed by atoms with E-state index in [1.165, 1.54) is 19.1 Å². The van der Waals surface area contributed by atoms with E-state index in [1.807, 2.05) is 0 Å². The number of nitro groups is 1. The van der Waals surface area contributed by atoms with E-state index in [1.54, 1.807) is 6.20 Å². The lowest BCUT2D eigenvalue weighted by Crippen LogP contribution is -2.07. The Balaban J connectivity index is 2.62. The highest BCUT2D eigenvalue weighted by Crippen LogP contribution is 2.29. The first-order valence-corrected chi connectivity index (χ1v) is 4.52. The van der Waals surface area contributed by atoms with E-state index in [0.717, 1.165) is 0 Å². The van der Waals surface area contributed by atoms with Crippen molar-refractivity contribution < 1.29 is 9.72 Å². The number of aromatic nitrogens is 1. The molecular formula is C10H8N3O3. The van der Waals surface area contributed by atoms with Crippen LogP contribution in [0.3, 0.4) is 0 Å². The zero-order chi connectivity index (χ0) is 11.7. The predicted molar refractivity (Wildman–Crippen MR) is 58.1 cm³/mol. The molecule has 1 aromatic carbocycles. The van der Waals surface area contributed by atoms with Gasteiger partial charge in [-0.2, -0.15) is 0 Å². The van der Waals surface area contributed by atoms with Crippen LogP contribution in [0.4, 0.5) is 11.4 Å². The quantitative estimate of drug-likeness (QED) is 0.595. The number of amides is 1. The number of carbonyl (C=O) groups is 1. The van der Waals surface area contributed by atoms with Gasteiger partial charge in [0.1, 0.15) is 5.69 Å². The lowest BCUT2D eigenvalue weighted by molar-refractivity contribution is -0.383. The molecule has 1 heterocycles. The fraction of sp³-hybridized carbons (Fsp3) is 0.100. The minimum Gasteiger partial charge on any atom is -0.360 e. The number of aromatic amines is 1. The SMILES string of the molecule is CC(=O)Nc1cc2[nH]c[c]c2cc1[N+](=O)[O-]. The summed E-state index contributed by atoms with van der Waals surface area (Å²) < 4.78 is 0. The number of nitrogens with one attached hydrogen (secondary N) is 2. The number of benzene rings is 1. The maximum atomic E-state index is 10.9. The summed E-state index contributed by atoms with van der Waals surface area (Å²) in [6.45, 7) is 1.30. The first kappa shape index (κ1) is 10.2. The summed E-state index contributed by atoms with van der Waals surface area (Å²) in [5, 5.41) is 13.8. The van der Waals surface area contributed by atoms with Crippen molar-refractivity contribution in [3.8, 4) is 0 Å². The standard InChI is InChI=1S/C10H8N3O3/c1-6(14)12-9-5-8-7(2-3-11-8)4-10(9)13(15)16/h3-5,11H,1H3,(H,12,14). The zero-order valence-electron chi connectivity index (χ0n) is 8.40. The molecule has 0 bridgehead atoms. The summed E-state index contributed by atoms with van der Waals surface area (Å²) in [5.41, 5.74) is 0.730. The molecule has 0 spiro atoms. The molecule has 0 aliphatic heterocycles. The summed E-state index contributed by atoms with van der Waals surface area (Å²) in [4.78, 5) is 24.0. The summed E-state index contributed by atoms with van der Waals surface area (Å²) in [5.74, 6) is -0.349. The van der Waals surface area contributed by atoms with Crippen molar-refractivity contribution >= 4 is 28.2 Å². The second kappa shape index (κ2) is 3.65. The fourth-order valence-electron chi connectivity index (χ4n) is 1.46. The van der Waals surface area contributed by atoms with Gasteiger partial charge in [-0.25, -0.2) is 0 Å². The number of hydrogen-bond donors (Lipinski definition) is 2. The number of rotatable bonds is 2. The van der Waals surface area contributed by atoms with Gasteiger partial charge in [-0.1, -0.05) is 0 Å². The Morgan fingerprint density at radius 1 is 1.56 bits per heavy atom. The lowest BCUT2D eigenvalue weighted by Gasteiger charge is -2.03. The highest BCUT2D eigenvalue weighted by molar-refractivity contribution is 5.96. The first-order chi connectivity index (χ1) is 7.58. The van der Waals surface area contributed by atoms with Gasteiger partial charge in [0.2, 0.25) is 5.91 Å². The molecule has 2 rings (SSSR count). The number of fused-ring (bicyclic) bond motifs is 1. The average Bonchev–Trinajstić information content (AvgIpc) is 2.62. The van der Waals surface area contributed by atoms with Crippen molar-refractivity contribution in [1.82, 2.24) is 4.98 Å². The number of anilines is 1. The smallest absolute Gasteiger partial charge is 0.293 e. The highest BCUT2D eigenvalue weighted by Gasteiger charge is 2.16. The molecule has 6 heteroatoms. The Morgan fingerprint density at radius 3 is 2.94 bits per heavy atom. The molecule has 0 saturated heterocycles. The molecule has 1 aromatic heterocycles. The van der Waals surface area contributed by atoms with Gasteiger partial charge in [0, 0.05) is 36.2 Å². The predicted octanol–water partition coefficient (Wildman–Crippen LogP) is 1.83. The average molecular weight is 218 g/mol. The number of nitrogens with zero attached hydrogens (tertiary/aromatic N) is 1. The van der Waals surface area contributed by atoms with E-state index in [4.69, 9.17) is 0 Å². The minimum absolute atomic E-state index is 0.140. The molecule has 0 fully saturated rings. The van der Waals surface area contributed by atoms with Crippen LogP contribution < -0.4 is 5.32 Å². The van der Waals surface area contributed by atoms with Crippen LogP contribution in [-0.4, -0.2) is 15.8 Å². The third-order valence-electron chi connectivity index (χ3n) is 2.10. The summed E-state index contributed by atoms with van der Waals surface area (Å²) in [6.07, 6.45) is 1.56. The Kier molecular flexibility index (Phi) is 2.32. The van der Waals surface area contributed by atoms with Crippen LogP contribution in [0.25, 0.3) is 10.9 Å². The van der Waals surface area contributed by atoms with E-state index < -0.39 is 4.92 Å². The van der Waals surface area contributed by atoms with Crippen LogP contribution in [0.1, 0.15) is 6.92 Å². The largest absolute Gasteiger partial charge is 0.360 e. The molecule has 2 N–H and O–H groups in total. The Bertz CT molecular complexity index is 574. The Labute approximate surface area is 90.4 Å². The molecule has 6 nitrogen and oxygen atoms in total.